The number of terminal acetylenes is 1. The molecule has 0 aliphatic rings. The Bertz CT molecular complexity index is 325. The molecule has 12 heavy (non-hydrogen) atoms. The Kier molecular flexibility index (Phi) is 2.47. The molecule has 1 rings (SSSR count). The van der Waals surface area contributed by atoms with Crippen molar-refractivity contribution in [3.05, 3.63) is 35.1 Å². The Hall–Kier alpha value is -1.33. The summed E-state index contributed by atoms with van der Waals surface area (Å²) in [5, 5.41) is 9.24. The fourth-order valence-corrected chi connectivity index (χ4v) is 1.04. The van der Waals surface area contributed by atoms with Gasteiger partial charge < -0.3 is 5.11 Å². The minimum Gasteiger partial charge on any atom is -0.376 e. The molecule has 2 heteroatoms. The maximum Gasteiger partial charge on any atom is 0.140 e. The van der Waals surface area contributed by atoms with Gasteiger partial charge in [-0.3, -0.25) is 0 Å². The molecule has 62 valence electrons. The highest BCUT2D eigenvalue weighted by Crippen LogP contribution is 2.17. The van der Waals surface area contributed by atoms with Crippen LogP contribution in [0.15, 0.2) is 18.2 Å². The van der Waals surface area contributed by atoms with Crippen molar-refractivity contribution in [2.75, 3.05) is 0 Å². The smallest absolute Gasteiger partial charge is 0.140 e. The van der Waals surface area contributed by atoms with Crippen LogP contribution in [0.2, 0.25) is 0 Å². The molecular weight excluding hydrogens is 155 g/mol. The van der Waals surface area contributed by atoms with Gasteiger partial charge in [-0.2, -0.15) is 0 Å². The van der Waals surface area contributed by atoms with Crippen LogP contribution in [0.25, 0.3) is 0 Å². The van der Waals surface area contributed by atoms with Gasteiger partial charge in [0.05, 0.1) is 0 Å². The van der Waals surface area contributed by atoms with Crippen molar-refractivity contribution >= 4 is 0 Å². The van der Waals surface area contributed by atoms with Crippen molar-refractivity contribution in [1.29, 1.82) is 0 Å². The molecule has 0 bridgehead atoms. The average Bonchev–Trinajstić information content (AvgIpc) is 2.03. The number of halogens is 1. The number of aliphatic hydroxyl groups excluding tert-OH is 1. The molecule has 1 atom stereocenters. The maximum atomic E-state index is 12.6. The lowest BCUT2D eigenvalue weighted by Gasteiger charge is -2.06. The number of hydrogen-bond donors (Lipinski definition) is 1. The summed E-state index contributed by atoms with van der Waals surface area (Å²) in [5.41, 5.74) is 1.25. The van der Waals surface area contributed by atoms with E-state index in [1.807, 2.05) is 0 Å². The third-order valence-electron chi connectivity index (χ3n) is 1.68. The molecule has 0 aliphatic heterocycles. The van der Waals surface area contributed by atoms with E-state index in [1.54, 1.807) is 6.92 Å². The second-order valence-electron chi connectivity index (χ2n) is 2.57. The summed E-state index contributed by atoms with van der Waals surface area (Å²) < 4.78 is 12.6. The first kappa shape index (κ1) is 8.76. The fraction of sp³-hybridized carbons (Fsp3) is 0.200. The van der Waals surface area contributed by atoms with E-state index in [-0.39, 0.29) is 5.82 Å². The van der Waals surface area contributed by atoms with Crippen molar-refractivity contribution in [3.63, 3.8) is 0 Å². The van der Waals surface area contributed by atoms with Crippen molar-refractivity contribution < 1.29 is 9.50 Å². The van der Waals surface area contributed by atoms with Crippen LogP contribution in [0.1, 0.15) is 17.2 Å². The van der Waals surface area contributed by atoms with Crippen molar-refractivity contribution in [3.8, 4) is 12.3 Å². The molecule has 0 spiro atoms. The van der Waals surface area contributed by atoms with Crippen LogP contribution in [0, 0.1) is 25.1 Å². The molecule has 0 heterocycles. The van der Waals surface area contributed by atoms with Gasteiger partial charge in [0.1, 0.15) is 11.9 Å². The SMILES string of the molecule is C#CC(O)c1ccc(F)cc1C. The number of hydrogen-bond acceptors (Lipinski definition) is 1. The third-order valence-corrected chi connectivity index (χ3v) is 1.68. The zero-order valence-corrected chi connectivity index (χ0v) is 6.71. The van der Waals surface area contributed by atoms with E-state index in [0.29, 0.717) is 11.1 Å². The second kappa shape index (κ2) is 3.38. The molecule has 0 fully saturated rings. The first-order valence-corrected chi connectivity index (χ1v) is 3.55. The van der Waals surface area contributed by atoms with Crippen LogP contribution >= 0.6 is 0 Å². The third kappa shape index (κ3) is 1.63. The van der Waals surface area contributed by atoms with Crippen LogP contribution in [-0.2, 0) is 0 Å². The predicted molar refractivity (Wildman–Crippen MR) is 44.9 cm³/mol. The van der Waals surface area contributed by atoms with Crippen molar-refractivity contribution in [2.45, 2.75) is 13.0 Å². The molecule has 1 nitrogen and oxygen atoms in total. The highest BCUT2D eigenvalue weighted by molar-refractivity contribution is 5.32. The van der Waals surface area contributed by atoms with Crippen LogP contribution in [0.5, 0.6) is 0 Å². The summed E-state index contributed by atoms with van der Waals surface area (Å²) in [6.45, 7) is 1.71. The van der Waals surface area contributed by atoms with Gasteiger partial charge in [0.25, 0.3) is 0 Å². The van der Waals surface area contributed by atoms with Gasteiger partial charge in [-0.15, -0.1) is 6.42 Å². The van der Waals surface area contributed by atoms with Gasteiger partial charge in [-0.05, 0) is 30.2 Å². The molecule has 0 amide bonds. The predicted octanol–water partition coefficient (Wildman–Crippen LogP) is 1.80. The molecule has 0 saturated heterocycles. The summed E-state index contributed by atoms with van der Waals surface area (Å²) in [4.78, 5) is 0. The highest BCUT2D eigenvalue weighted by Gasteiger charge is 2.06. The maximum absolute atomic E-state index is 12.6. The number of rotatable bonds is 1. The molecule has 1 unspecified atom stereocenters. The Morgan fingerprint density at radius 2 is 2.25 bits per heavy atom. The second-order valence-corrected chi connectivity index (χ2v) is 2.57. The van der Waals surface area contributed by atoms with Gasteiger partial charge in [0, 0.05) is 0 Å². The monoisotopic (exact) mass is 164 g/mol. The molecule has 0 radical (unpaired) electrons. The normalized spacial score (nSPS) is 12.2. The zero-order valence-electron chi connectivity index (χ0n) is 6.71. The first-order chi connectivity index (χ1) is 5.65. The number of aryl methyl sites for hydroxylation is 1. The van der Waals surface area contributed by atoms with Gasteiger partial charge >= 0.3 is 0 Å². The summed E-state index contributed by atoms with van der Waals surface area (Å²) in [6.07, 6.45) is 4.08. The lowest BCUT2D eigenvalue weighted by Crippen LogP contribution is -1.96. The molecule has 1 N–H and O–H groups in total. The largest absolute Gasteiger partial charge is 0.376 e. The molecule has 0 aromatic heterocycles. The van der Waals surface area contributed by atoms with E-state index in [1.165, 1.54) is 18.2 Å². The molecule has 0 aliphatic carbocycles. The molecular formula is C10H9FO. The minimum absolute atomic E-state index is 0.319. The summed E-state index contributed by atoms with van der Waals surface area (Å²) in [5.74, 6) is 1.86. The van der Waals surface area contributed by atoms with Gasteiger partial charge in [-0.25, -0.2) is 4.39 Å². The Labute approximate surface area is 70.9 Å². The van der Waals surface area contributed by atoms with Crippen molar-refractivity contribution in [2.24, 2.45) is 0 Å². The number of benzene rings is 1. The van der Waals surface area contributed by atoms with E-state index >= 15 is 0 Å². The van der Waals surface area contributed by atoms with E-state index in [0.717, 1.165) is 0 Å². The number of aliphatic hydroxyl groups is 1. The Morgan fingerprint density at radius 3 is 2.75 bits per heavy atom. The van der Waals surface area contributed by atoms with Crippen molar-refractivity contribution in [1.82, 2.24) is 0 Å². The minimum atomic E-state index is -0.939. The quantitative estimate of drug-likeness (QED) is 0.627. The van der Waals surface area contributed by atoms with E-state index in [9.17, 15) is 9.50 Å². The zero-order chi connectivity index (χ0) is 9.14. The summed E-state index contributed by atoms with van der Waals surface area (Å²) in [6, 6.07) is 4.12. The Morgan fingerprint density at radius 1 is 1.58 bits per heavy atom. The molecule has 1 aromatic carbocycles. The van der Waals surface area contributed by atoms with E-state index in [2.05, 4.69) is 5.92 Å². The average molecular weight is 164 g/mol. The Balaban J connectivity index is 3.11. The first-order valence-electron chi connectivity index (χ1n) is 3.55. The van der Waals surface area contributed by atoms with Crippen LogP contribution in [-0.4, -0.2) is 5.11 Å². The summed E-state index contributed by atoms with van der Waals surface area (Å²) >= 11 is 0. The molecule has 1 aromatic rings. The highest BCUT2D eigenvalue weighted by atomic mass is 19.1. The lowest BCUT2D eigenvalue weighted by atomic mass is 10.0. The van der Waals surface area contributed by atoms with Gasteiger partial charge in [-0.1, -0.05) is 12.0 Å². The van der Waals surface area contributed by atoms with Crippen LogP contribution in [0.3, 0.4) is 0 Å². The van der Waals surface area contributed by atoms with Gasteiger partial charge in [0.15, 0.2) is 0 Å². The molecule has 0 saturated carbocycles. The summed E-state index contributed by atoms with van der Waals surface area (Å²) in [7, 11) is 0. The van der Waals surface area contributed by atoms with Crippen LogP contribution in [0.4, 0.5) is 4.39 Å². The van der Waals surface area contributed by atoms with Crippen LogP contribution < -0.4 is 0 Å². The topological polar surface area (TPSA) is 20.2 Å². The lowest BCUT2D eigenvalue weighted by molar-refractivity contribution is 0.237. The standard InChI is InChI=1S/C10H9FO/c1-3-10(12)9-5-4-8(11)6-7(9)2/h1,4-6,10,12H,2H3. The van der Waals surface area contributed by atoms with E-state index < -0.39 is 6.10 Å². The fourth-order valence-electron chi connectivity index (χ4n) is 1.04. The van der Waals surface area contributed by atoms with E-state index in [4.69, 9.17) is 6.42 Å². The van der Waals surface area contributed by atoms with Gasteiger partial charge in [0.2, 0.25) is 0 Å².